The van der Waals surface area contributed by atoms with Crippen molar-refractivity contribution in [2.45, 2.75) is 25.3 Å². The number of benzene rings is 1. The van der Waals surface area contributed by atoms with E-state index in [2.05, 4.69) is 20.4 Å². The number of nitrogen functional groups attached to an aromatic ring is 1. The first-order chi connectivity index (χ1) is 20.9. The first-order valence-electron chi connectivity index (χ1n) is 13.4. The van der Waals surface area contributed by atoms with Gasteiger partial charge in [0, 0.05) is 30.5 Å². The second-order valence-electron chi connectivity index (χ2n) is 10.0. The van der Waals surface area contributed by atoms with Gasteiger partial charge in [-0.1, -0.05) is 6.07 Å². The van der Waals surface area contributed by atoms with Gasteiger partial charge in [0.2, 0.25) is 0 Å². The van der Waals surface area contributed by atoms with E-state index in [1.165, 1.54) is 0 Å². The van der Waals surface area contributed by atoms with Gasteiger partial charge in [-0.2, -0.15) is 5.10 Å². The number of pyridine rings is 3. The van der Waals surface area contributed by atoms with E-state index in [9.17, 15) is 18.0 Å². The fourth-order valence-electron chi connectivity index (χ4n) is 5.38. The van der Waals surface area contributed by atoms with Crippen LogP contribution in [0.2, 0.25) is 0 Å². The van der Waals surface area contributed by atoms with Crippen LogP contribution in [0, 0.1) is 5.82 Å². The number of amides is 1. The number of anilines is 1. The van der Waals surface area contributed by atoms with Crippen LogP contribution in [-0.2, 0) is 6.42 Å². The highest BCUT2D eigenvalue weighted by atomic mass is 19.3. The van der Waals surface area contributed by atoms with Crippen molar-refractivity contribution in [3.63, 3.8) is 0 Å². The van der Waals surface area contributed by atoms with Gasteiger partial charge >= 0.3 is 0 Å². The normalized spacial score (nSPS) is 14.4. The molecule has 0 aliphatic heterocycles. The molecule has 3 N–H and O–H groups in total. The Balaban J connectivity index is 1.26. The average molecular weight is 582 g/mol. The molecule has 6 aromatic rings. The molecule has 214 valence electrons. The Morgan fingerprint density at radius 3 is 2.70 bits per heavy atom. The molecular formula is C30H22F3N9O. The Hall–Kier alpha value is -5.59. The summed E-state index contributed by atoms with van der Waals surface area (Å²) in [6.07, 6.45) is 4.24. The fourth-order valence-corrected chi connectivity index (χ4v) is 5.38. The number of carbonyl (C=O) groups is 1. The highest BCUT2D eigenvalue weighted by Gasteiger charge is 2.27. The number of hydrogen-bond donors (Lipinski definition) is 2. The standard InChI is InChI=1S/C30H22F3N9O/c31-21-14-17(15-36-25(21)26(32)33)30(43)39-22-7-4-16-13-18(5-6-19(16)22)42-28(20-3-1-10-35-27(20)34)38-23-8-9-24(40-29(23)42)41-12-2-11-37-41/h1-3,5-6,8-15,22,26H,4,7H2,(H2,34,35)(H,39,43)/t22-/m0/s1. The number of aryl methyl sites for hydroxylation is 1. The predicted octanol–water partition coefficient (Wildman–Crippen LogP) is 5.14. The zero-order valence-electron chi connectivity index (χ0n) is 22.3. The van der Waals surface area contributed by atoms with Gasteiger partial charge in [-0.15, -0.1) is 0 Å². The maximum absolute atomic E-state index is 14.0. The van der Waals surface area contributed by atoms with Gasteiger partial charge in [0.05, 0.1) is 17.2 Å². The minimum atomic E-state index is -3.07. The van der Waals surface area contributed by atoms with E-state index in [1.807, 2.05) is 47.0 Å². The van der Waals surface area contributed by atoms with Crippen LogP contribution >= 0.6 is 0 Å². The number of nitrogens with zero attached hydrogens (tertiary/aromatic N) is 7. The summed E-state index contributed by atoms with van der Waals surface area (Å²) in [7, 11) is 0. The molecule has 13 heteroatoms. The van der Waals surface area contributed by atoms with Crippen LogP contribution in [0.25, 0.3) is 34.1 Å². The van der Waals surface area contributed by atoms with E-state index in [0.717, 1.165) is 29.1 Å². The zero-order valence-corrected chi connectivity index (χ0v) is 22.3. The SMILES string of the molecule is Nc1ncccc1-c1nc2ccc(-n3cccn3)nc2n1-c1ccc2c(c1)CC[C@@H]2NC(=O)c1cnc(C(F)F)c(F)c1. The maximum atomic E-state index is 14.0. The van der Waals surface area contributed by atoms with Crippen LogP contribution < -0.4 is 11.1 Å². The van der Waals surface area contributed by atoms with Crippen LogP contribution in [0.15, 0.2) is 79.4 Å². The fraction of sp³-hybridized carbons (Fsp3) is 0.133. The molecule has 0 radical (unpaired) electrons. The molecule has 0 bridgehead atoms. The molecule has 0 spiro atoms. The second-order valence-corrected chi connectivity index (χ2v) is 10.0. The van der Waals surface area contributed by atoms with E-state index in [-0.39, 0.29) is 11.6 Å². The second kappa shape index (κ2) is 10.4. The van der Waals surface area contributed by atoms with Crippen molar-refractivity contribution >= 4 is 22.9 Å². The molecule has 0 fully saturated rings. The topological polar surface area (TPSA) is 129 Å². The Labute approximate surface area is 242 Å². The number of nitrogens with two attached hydrogens (primary N) is 1. The summed E-state index contributed by atoms with van der Waals surface area (Å²) in [4.78, 5) is 30.3. The molecule has 1 aliphatic carbocycles. The van der Waals surface area contributed by atoms with Crippen molar-refractivity contribution in [3.05, 3.63) is 108 Å². The Kier molecular flexibility index (Phi) is 6.34. The Bertz CT molecular complexity index is 2010. The summed E-state index contributed by atoms with van der Waals surface area (Å²) in [6.45, 7) is 0. The summed E-state index contributed by atoms with van der Waals surface area (Å²) in [5.74, 6) is -0.320. The zero-order chi connectivity index (χ0) is 29.7. The summed E-state index contributed by atoms with van der Waals surface area (Å²) in [5, 5.41) is 7.17. The van der Waals surface area contributed by atoms with Gasteiger partial charge in [0.15, 0.2) is 23.1 Å². The minimum Gasteiger partial charge on any atom is -0.383 e. The molecular weight excluding hydrogens is 559 g/mol. The number of hydrogen-bond acceptors (Lipinski definition) is 7. The smallest absolute Gasteiger partial charge is 0.283 e. The van der Waals surface area contributed by atoms with Crippen molar-refractivity contribution < 1.29 is 18.0 Å². The summed E-state index contributed by atoms with van der Waals surface area (Å²) in [5.41, 5.74) is 9.71. The van der Waals surface area contributed by atoms with Crippen LogP contribution in [0.4, 0.5) is 19.0 Å². The highest BCUT2D eigenvalue weighted by Crippen LogP contribution is 2.36. The highest BCUT2D eigenvalue weighted by molar-refractivity contribution is 5.94. The van der Waals surface area contributed by atoms with Gasteiger partial charge in [0.1, 0.15) is 17.0 Å². The Morgan fingerprint density at radius 2 is 1.93 bits per heavy atom. The van der Waals surface area contributed by atoms with Crippen LogP contribution in [0.5, 0.6) is 0 Å². The lowest BCUT2D eigenvalue weighted by atomic mass is 10.1. The average Bonchev–Trinajstić information content (AvgIpc) is 3.76. The largest absolute Gasteiger partial charge is 0.383 e. The third kappa shape index (κ3) is 4.64. The summed E-state index contributed by atoms with van der Waals surface area (Å²) < 4.78 is 43.4. The van der Waals surface area contributed by atoms with Gasteiger partial charge in [-0.05, 0) is 72.5 Å². The quantitative estimate of drug-likeness (QED) is 0.279. The lowest BCUT2D eigenvalue weighted by Crippen LogP contribution is -2.27. The van der Waals surface area contributed by atoms with Crippen molar-refractivity contribution in [1.82, 2.24) is 39.6 Å². The van der Waals surface area contributed by atoms with Gasteiger partial charge in [0.25, 0.3) is 12.3 Å². The molecule has 1 amide bonds. The number of imidazole rings is 1. The van der Waals surface area contributed by atoms with E-state index < -0.39 is 23.8 Å². The third-order valence-corrected chi connectivity index (χ3v) is 7.41. The van der Waals surface area contributed by atoms with Crippen LogP contribution in [-0.4, -0.2) is 40.2 Å². The van der Waals surface area contributed by atoms with Gasteiger partial charge in [-0.25, -0.2) is 32.8 Å². The lowest BCUT2D eigenvalue weighted by molar-refractivity contribution is 0.0934. The van der Waals surface area contributed by atoms with Gasteiger partial charge < -0.3 is 11.1 Å². The molecule has 10 nitrogen and oxygen atoms in total. The molecule has 1 aliphatic rings. The molecule has 0 saturated heterocycles. The number of nitrogens with one attached hydrogen (secondary N) is 1. The van der Waals surface area contributed by atoms with E-state index in [1.54, 1.807) is 29.3 Å². The molecule has 1 aromatic carbocycles. The number of aromatic nitrogens is 7. The predicted molar refractivity (Wildman–Crippen MR) is 151 cm³/mol. The number of halogens is 3. The first-order valence-corrected chi connectivity index (χ1v) is 13.4. The Morgan fingerprint density at radius 1 is 1.05 bits per heavy atom. The molecule has 0 saturated carbocycles. The van der Waals surface area contributed by atoms with Crippen LogP contribution in [0.3, 0.4) is 0 Å². The van der Waals surface area contributed by atoms with Crippen molar-refractivity contribution in [1.29, 1.82) is 0 Å². The van der Waals surface area contributed by atoms with Crippen molar-refractivity contribution in [2.24, 2.45) is 0 Å². The minimum absolute atomic E-state index is 0.130. The first kappa shape index (κ1) is 26.3. The molecule has 5 aromatic heterocycles. The monoisotopic (exact) mass is 581 g/mol. The molecule has 7 rings (SSSR count). The van der Waals surface area contributed by atoms with E-state index in [4.69, 9.17) is 15.7 Å². The van der Waals surface area contributed by atoms with Crippen molar-refractivity contribution in [2.75, 3.05) is 5.73 Å². The summed E-state index contributed by atoms with van der Waals surface area (Å²) >= 11 is 0. The number of alkyl halides is 2. The lowest BCUT2D eigenvalue weighted by Gasteiger charge is -2.16. The molecule has 5 heterocycles. The number of fused-ring (bicyclic) bond motifs is 2. The van der Waals surface area contributed by atoms with E-state index >= 15 is 0 Å². The van der Waals surface area contributed by atoms with Crippen molar-refractivity contribution in [3.8, 4) is 22.9 Å². The number of rotatable bonds is 6. The van der Waals surface area contributed by atoms with Gasteiger partial charge in [-0.3, -0.25) is 14.3 Å². The molecule has 0 unspecified atom stereocenters. The van der Waals surface area contributed by atoms with E-state index in [0.29, 0.717) is 47.0 Å². The maximum Gasteiger partial charge on any atom is 0.283 e. The van der Waals surface area contributed by atoms with Crippen LogP contribution in [0.1, 0.15) is 46.1 Å². The molecule has 43 heavy (non-hydrogen) atoms. The summed E-state index contributed by atoms with van der Waals surface area (Å²) in [6, 6.07) is 15.4. The molecule has 1 atom stereocenters. The third-order valence-electron chi connectivity index (χ3n) is 7.41. The number of carbonyl (C=O) groups excluding carboxylic acids is 1.